The van der Waals surface area contributed by atoms with Crippen molar-refractivity contribution in [3.63, 3.8) is 0 Å². The van der Waals surface area contributed by atoms with Crippen LogP contribution in [0.3, 0.4) is 0 Å². The van der Waals surface area contributed by atoms with Gasteiger partial charge in [-0.25, -0.2) is 4.98 Å². The van der Waals surface area contributed by atoms with Crippen molar-refractivity contribution in [2.75, 3.05) is 5.32 Å². The average Bonchev–Trinajstić information content (AvgIpc) is 2.99. The summed E-state index contributed by atoms with van der Waals surface area (Å²) in [5.74, 6) is -0.467. The number of aryl methyl sites for hydroxylation is 2. The van der Waals surface area contributed by atoms with Crippen molar-refractivity contribution in [1.29, 1.82) is 0 Å². The molecule has 0 aliphatic carbocycles. The van der Waals surface area contributed by atoms with Gasteiger partial charge < -0.3 is 5.32 Å². The summed E-state index contributed by atoms with van der Waals surface area (Å²) in [5, 5.41) is 2.83. The highest BCUT2D eigenvalue weighted by Gasteiger charge is 2.32. The van der Waals surface area contributed by atoms with Crippen molar-refractivity contribution in [3.05, 3.63) is 65.1 Å². The number of carbonyl (C=O) groups is 1. The molecule has 3 rings (SSSR count). The summed E-state index contributed by atoms with van der Waals surface area (Å²) in [4.78, 5) is 17.3. The molecule has 0 unspecified atom stereocenters. The fourth-order valence-electron chi connectivity index (χ4n) is 3.04. The van der Waals surface area contributed by atoms with E-state index in [0.29, 0.717) is 23.4 Å². The maximum absolute atomic E-state index is 13.1. The van der Waals surface area contributed by atoms with E-state index in [0.717, 1.165) is 30.7 Å². The van der Waals surface area contributed by atoms with Gasteiger partial charge in [-0.15, -0.1) is 0 Å². The molecule has 0 fully saturated rings. The predicted octanol–water partition coefficient (Wildman–Crippen LogP) is 5.12. The Balaban J connectivity index is 2.09. The van der Waals surface area contributed by atoms with Gasteiger partial charge >= 0.3 is 6.18 Å². The van der Waals surface area contributed by atoms with Crippen LogP contribution >= 0.6 is 0 Å². The summed E-state index contributed by atoms with van der Waals surface area (Å²) < 4.78 is 40.6. The highest BCUT2D eigenvalue weighted by Crippen LogP contribution is 2.30. The van der Waals surface area contributed by atoms with Gasteiger partial charge in [-0.1, -0.05) is 38.5 Å². The molecule has 1 N–H and O–H groups in total. The Kier molecular flexibility index (Phi) is 5.21. The molecule has 0 saturated heterocycles. The molecule has 0 aliphatic rings. The van der Waals surface area contributed by atoms with E-state index in [1.807, 2.05) is 26.0 Å². The Morgan fingerprint density at radius 2 is 1.89 bits per heavy atom. The molecule has 1 aromatic carbocycles. The molecular formula is C20H20F3N3O. The van der Waals surface area contributed by atoms with E-state index in [1.165, 1.54) is 10.5 Å². The van der Waals surface area contributed by atoms with Crippen molar-refractivity contribution in [1.82, 2.24) is 9.38 Å². The van der Waals surface area contributed by atoms with Crippen molar-refractivity contribution >= 4 is 17.2 Å². The van der Waals surface area contributed by atoms with Crippen LogP contribution in [0, 0.1) is 0 Å². The van der Waals surface area contributed by atoms with Gasteiger partial charge in [0.05, 0.1) is 11.3 Å². The normalized spacial score (nSPS) is 11.7. The van der Waals surface area contributed by atoms with E-state index in [9.17, 15) is 18.0 Å². The topological polar surface area (TPSA) is 46.4 Å². The maximum atomic E-state index is 13.1. The number of aromatic nitrogens is 2. The molecule has 1 amide bonds. The first-order valence-electron chi connectivity index (χ1n) is 8.82. The average molecular weight is 375 g/mol. The van der Waals surface area contributed by atoms with Crippen LogP contribution in [0.15, 0.2) is 42.6 Å². The van der Waals surface area contributed by atoms with Crippen LogP contribution in [0.2, 0.25) is 0 Å². The van der Waals surface area contributed by atoms with Gasteiger partial charge in [-0.3, -0.25) is 9.20 Å². The second-order valence-corrected chi connectivity index (χ2v) is 6.27. The zero-order chi connectivity index (χ0) is 19.6. The first-order chi connectivity index (χ1) is 12.8. The highest BCUT2D eigenvalue weighted by molar-refractivity contribution is 6.05. The third kappa shape index (κ3) is 3.82. The molecule has 4 nitrogen and oxygen atoms in total. The predicted molar refractivity (Wildman–Crippen MR) is 98.0 cm³/mol. The molecular weight excluding hydrogens is 355 g/mol. The highest BCUT2D eigenvalue weighted by atomic mass is 19.4. The lowest BCUT2D eigenvalue weighted by atomic mass is 10.1. The van der Waals surface area contributed by atoms with Crippen LogP contribution < -0.4 is 5.32 Å². The summed E-state index contributed by atoms with van der Waals surface area (Å²) in [6, 6.07) is 9.63. The lowest BCUT2D eigenvalue weighted by Crippen LogP contribution is -2.18. The van der Waals surface area contributed by atoms with E-state index < -0.39 is 17.6 Å². The molecule has 2 heterocycles. The molecule has 0 radical (unpaired) electrons. The first kappa shape index (κ1) is 18.9. The zero-order valence-corrected chi connectivity index (χ0v) is 15.1. The molecule has 27 heavy (non-hydrogen) atoms. The number of amides is 1. The number of halogens is 3. The van der Waals surface area contributed by atoms with E-state index in [-0.39, 0.29) is 5.69 Å². The number of rotatable bonds is 5. The molecule has 142 valence electrons. The fraction of sp³-hybridized carbons (Fsp3) is 0.300. The van der Waals surface area contributed by atoms with E-state index in [2.05, 4.69) is 10.3 Å². The number of hydrogen-bond acceptors (Lipinski definition) is 2. The number of imidazole rings is 1. The minimum absolute atomic E-state index is 0.142. The molecule has 3 aromatic rings. The zero-order valence-electron chi connectivity index (χ0n) is 15.1. The van der Waals surface area contributed by atoms with Crippen molar-refractivity contribution in [2.45, 2.75) is 39.3 Å². The standard InChI is InChI=1S/C20H20F3N3O/c1-3-7-16-18(19(27)25-15-9-6-5-8-13(15)4-2)26-12-14(20(21,22)23)10-11-17(26)24-16/h5-6,8-12H,3-4,7H2,1-2H3,(H,25,27). The number of benzene rings is 1. The lowest BCUT2D eigenvalue weighted by Gasteiger charge is -2.11. The Labute approximate surface area is 155 Å². The van der Waals surface area contributed by atoms with Crippen molar-refractivity contribution in [3.8, 4) is 0 Å². The summed E-state index contributed by atoms with van der Waals surface area (Å²) in [5.41, 5.74) is 1.73. The van der Waals surface area contributed by atoms with Crippen LogP contribution in [-0.2, 0) is 19.0 Å². The number of para-hydroxylation sites is 1. The number of pyridine rings is 1. The van der Waals surface area contributed by atoms with E-state index >= 15 is 0 Å². The molecule has 0 atom stereocenters. The first-order valence-corrected chi connectivity index (χ1v) is 8.82. The number of carbonyl (C=O) groups excluding carboxylic acids is 1. The van der Waals surface area contributed by atoms with Gasteiger partial charge in [-0.2, -0.15) is 13.2 Å². The Bertz CT molecular complexity index is 976. The SMILES string of the molecule is CCCc1nc2ccc(C(F)(F)F)cn2c1C(=O)Nc1ccccc1CC. The molecule has 0 saturated carbocycles. The smallest absolute Gasteiger partial charge is 0.320 e. The van der Waals surface area contributed by atoms with Crippen LogP contribution in [0.4, 0.5) is 18.9 Å². The van der Waals surface area contributed by atoms with Gasteiger partial charge in [0.2, 0.25) is 0 Å². The molecule has 0 aliphatic heterocycles. The molecule has 7 heteroatoms. The van der Waals surface area contributed by atoms with Crippen LogP contribution in [-0.4, -0.2) is 15.3 Å². The van der Waals surface area contributed by atoms with Gasteiger partial charge in [0.1, 0.15) is 11.3 Å². The Hall–Kier alpha value is -2.83. The summed E-state index contributed by atoms with van der Waals surface area (Å²) in [7, 11) is 0. The quantitative estimate of drug-likeness (QED) is 0.673. The number of fused-ring (bicyclic) bond motifs is 1. The van der Waals surface area contributed by atoms with Crippen LogP contribution in [0.25, 0.3) is 5.65 Å². The van der Waals surface area contributed by atoms with E-state index in [1.54, 1.807) is 12.1 Å². The fourth-order valence-corrected chi connectivity index (χ4v) is 3.04. The van der Waals surface area contributed by atoms with Crippen LogP contribution in [0.1, 0.15) is 47.6 Å². The lowest BCUT2D eigenvalue weighted by molar-refractivity contribution is -0.137. The summed E-state index contributed by atoms with van der Waals surface area (Å²) in [6.07, 6.45) is -1.61. The summed E-state index contributed by atoms with van der Waals surface area (Å²) >= 11 is 0. The minimum atomic E-state index is -4.49. The number of nitrogens with zero attached hydrogens (tertiary/aromatic N) is 2. The monoisotopic (exact) mass is 375 g/mol. The van der Waals surface area contributed by atoms with Gasteiger partial charge in [0, 0.05) is 11.9 Å². The van der Waals surface area contributed by atoms with E-state index in [4.69, 9.17) is 0 Å². The third-order valence-corrected chi connectivity index (χ3v) is 4.37. The third-order valence-electron chi connectivity index (χ3n) is 4.37. The van der Waals surface area contributed by atoms with Gasteiger partial charge in [0.15, 0.2) is 0 Å². The maximum Gasteiger partial charge on any atom is 0.417 e. The minimum Gasteiger partial charge on any atom is -0.320 e. The Morgan fingerprint density at radius 1 is 1.15 bits per heavy atom. The molecule has 2 aromatic heterocycles. The van der Waals surface area contributed by atoms with Crippen molar-refractivity contribution in [2.24, 2.45) is 0 Å². The second-order valence-electron chi connectivity index (χ2n) is 6.27. The Morgan fingerprint density at radius 3 is 2.56 bits per heavy atom. The number of nitrogens with one attached hydrogen (secondary N) is 1. The van der Waals surface area contributed by atoms with Crippen molar-refractivity contribution < 1.29 is 18.0 Å². The largest absolute Gasteiger partial charge is 0.417 e. The van der Waals surface area contributed by atoms with Gasteiger partial charge in [-0.05, 0) is 36.6 Å². The number of anilines is 1. The molecule has 0 spiro atoms. The number of alkyl halides is 3. The number of hydrogen-bond donors (Lipinski definition) is 1. The second kappa shape index (κ2) is 7.42. The van der Waals surface area contributed by atoms with Gasteiger partial charge in [0.25, 0.3) is 5.91 Å². The summed E-state index contributed by atoms with van der Waals surface area (Å²) in [6.45, 7) is 3.90. The van der Waals surface area contributed by atoms with Crippen LogP contribution in [0.5, 0.6) is 0 Å². The molecule has 0 bridgehead atoms.